The molecule has 0 aromatic heterocycles. The van der Waals surface area contributed by atoms with Gasteiger partial charge in [0.1, 0.15) is 0 Å². The molecule has 1 fully saturated rings. The first-order chi connectivity index (χ1) is 5.91. The van der Waals surface area contributed by atoms with Crippen LogP contribution < -0.4 is 0 Å². The van der Waals surface area contributed by atoms with Crippen molar-refractivity contribution in [2.75, 3.05) is 13.2 Å². The van der Waals surface area contributed by atoms with Crippen molar-refractivity contribution in [3.05, 3.63) is 0 Å². The summed E-state index contributed by atoms with van der Waals surface area (Å²) < 4.78 is 58.0. The maximum atomic E-state index is 11.7. The van der Waals surface area contributed by atoms with Crippen LogP contribution >= 0.6 is 7.82 Å². The number of hydrogen-bond donors (Lipinski definition) is 0. The van der Waals surface area contributed by atoms with E-state index in [-0.39, 0.29) is 13.2 Å². The first-order valence-electron chi connectivity index (χ1n) is 3.58. The minimum Gasteiger partial charge on any atom is -0.287 e. The molecular weight excluding hydrogens is 212 g/mol. The molecule has 4 nitrogen and oxygen atoms in total. The van der Waals surface area contributed by atoms with Crippen LogP contribution in [-0.2, 0) is 18.1 Å². The Bertz CT molecular complexity index is 204. The third kappa shape index (κ3) is 4.08. The van der Waals surface area contributed by atoms with E-state index in [4.69, 9.17) is 0 Å². The molecule has 0 bridgehead atoms. The highest BCUT2D eigenvalue weighted by Gasteiger charge is 2.43. The van der Waals surface area contributed by atoms with Crippen molar-refractivity contribution in [1.82, 2.24) is 0 Å². The van der Waals surface area contributed by atoms with Gasteiger partial charge in [-0.1, -0.05) is 0 Å². The predicted molar refractivity (Wildman–Crippen MR) is 35.9 cm³/mol. The summed E-state index contributed by atoms with van der Waals surface area (Å²) in [7, 11) is -4.40. The van der Waals surface area contributed by atoms with Crippen molar-refractivity contribution in [2.45, 2.75) is 19.2 Å². The van der Waals surface area contributed by atoms with Crippen LogP contribution in [0.3, 0.4) is 0 Å². The van der Waals surface area contributed by atoms with Gasteiger partial charge in [0, 0.05) is 0 Å². The summed E-state index contributed by atoms with van der Waals surface area (Å²) in [4.78, 5) is 0. The zero-order valence-corrected chi connectivity index (χ0v) is 7.44. The maximum Gasteiger partial charge on any atom is 0.531 e. The molecule has 13 heavy (non-hydrogen) atoms. The third-order valence-electron chi connectivity index (χ3n) is 1.25. The lowest BCUT2D eigenvalue weighted by Crippen LogP contribution is -2.13. The summed E-state index contributed by atoms with van der Waals surface area (Å²) >= 11 is 0. The van der Waals surface area contributed by atoms with Crippen molar-refractivity contribution < 1.29 is 31.3 Å². The molecule has 1 heterocycles. The molecule has 1 aliphatic rings. The lowest BCUT2D eigenvalue weighted by atomic mass is 10.3. The highest BCUT2D eigenvalue weighted by Crippen LogP contribution is 2.54. The Morgan fingerprint density at radius 3 is 2.00 bits per heavy atom. The maximum absolute atomic E-state index is 11.7. The molecule has 0 spiro atoms. The first kappa shape index (κ1) is 11.0. The fraction of sp³-hybridized carbons (Fsp3) is 1.00. The van der Waals surface area contributed by atoms with E-state index < -0.39 is 14.2 Å². The SMILES string of the molecule is O=P1(OC(F)(F)F)OCCCCO1. The number of alkyl halides is 3. The summed E-state index contributed by atoms with van der Waals surface area (Å²) in [5, 5.41) is 0. The van der Waals surface area contributed by atoms with Gasteiger partial charge in [-0.2, -0.15) is 4.52 Å². The van der Waals surface area contributed by atoms with Crippen LogP contribution in [0.15, 0.2) is 0 Å². The minimum atomic E-state index is -5.00. The van der Waals surface area contributed by atoms with Crippen LogP contribution in [0.4, 0.5) is 13.2 Å². The molecule has 8 heteroatoms. The number of hydrogen-bond acceptors (Lipinski definition) is 4. The van der Waals surface area contributed by atoms with Gasteiger partial charge >= 0.3 is 14.2 Å². The number of rotatable bonds is 1. The fourth-order valence-corrected chi connectivity index (χ4v) is 1.91. The number of phosphoric acid groups is 1. The van der Waals surface area contributed by atoms with Crippen molar-refractivity contribution in [2.24, 2.45) is 0 Å². The van der Waals surface area contributed by atoms with Crippen molar-refractivity contribution in [3.8, 4) is 0 Å². The Labute approximate surface area is 72.6 Å². The van der Waals surface area contributed by atoms with Gasteiger partial charge in [0.25, 0.3) is 0 Å². The monoisotopic (exact) mass is 220 g/mol. The molecule has 0 saturated carbocycles. The second-order valence-electron chi connectivity index (χ2n) is 2.36. The van der Waals surface area contributed by atoms with Crippen LogP contribution in [0.2, 0.25) is 0 Å². The molecule has 0 aliphatic carbocycles. The molecule has 1 saturated heterocycles. The van der Waals surface area contributed by atoms with Gasteiger partial charge < -0.3 is 0 Å². The summed E-state index contributed by atoms with van der Waals surface area (Å²) in [6, 6.07) is 0. The highest BCUT2D eigenvalue weighted by molar-refractivity contribution is 7.48. The van der Waals surface area contributed by atoms with Crippen molar-refractivity contribution >= 4 is 7.82 Å². The first-order valence-corrected chi connectivity index (χ1v) is 5.04. The van der Waals surface area contributed by atoms with E-state index >= 15 is 0 Å². The molecule has 0 aromatic carbocycles. The molecule has 0 radical (unpaired) electrons. The van der Waals surface area contributed by atoms with E-state index in [9.17, 15) is 17.7 Å². The van der Waals surface area contributed by atoms with Gasteiger partial charge in [0.05, 0.1) is 13.2 Å². The van der Waals surface area contributed by atoms with E-state index in [1.165, 1.54) is 0 Å². The van der Waals surface area contributed by atoms with Crippen LogP contribution in [-0.4, -0.2) is 19.6 Å². The molecule has 1 aliphatic heterocycles. The van der Waals surface area contributed by atoms with Crippen molar-refractivity contribution in [1.29, 1.82) is 0 Å². The van der Waals surface area contributed by atoms with E-state index in [0.29, 0.717) is 12.8 Å². The fourth-order valence-electron chi connectivity index (χ4n) is 0.774. The smallest absolute Gasteiger partial charge is 0.287 e. The normalized spacial score (nSPS) is 23.9. The van der Waals surface area contributed by atoms with E-state index in [2.05, 4.69) is 13.6 Å². The Kier molecular flexibility index (Phi) is 3.34. The molecule has 0 atom stereocenters. The number of halogens is 3. The number of phosphoric ester groups is 1. The zero-order valence-electron chi connectivity index (χ0n) is 6.54. The quantitative estimate of drug-likeness (QED) is 0.636. The summed E-state index contributed by atoms with van der Waals surface area (Å²) in [6.07, 6.45) is -3.99. The molecule has 0 amide bonds. The Morgan fingerprint density at radius 2 is 1.62 bits per heavy atom. The topological polar surface area (TPSA) is 44.8 Å². The molecular formula is C5H8F3O4P. The average Bonchev–Trinajstić information content (AvgIpc) is 2.09. The Hall–Kier alpha value is -0.100. The van der Waals surface area contributed by atoms with Gasteiger partial charge in [-0.3, -0.25) is 9.05 Å². The lowest BCUT2D eigenvalue weighted by molar-refractivity contribution is -0.283. The van der Waals surface area contributed by atoms with E-state index in [1.54, 1.807) is 0 Å². The highest BCUT2D eigenvalue weighted by atomic mass is 31.2. The molecule has 0 unspecified atom stereocenters. The standard InChI is InChI=1S/C5H8F3O4P/c6-5(7,8)12-13(9)10-3-1-2-4-11-13/h1-4H2. The molecule has 78 valence electrons. The van der Waals surface area contributed by atoms with Crippen LogP contribution in [0.25, 0.3) is 0 Å². The van der Waals surface area contributed by atoms with Gasteiger partial charge in [-0.05, 0) is 12.8 Å². The molecule has 0 aromatic rings. The average molecular weight is 220 g/mol. The molecule has 0 N–H and O–H groups in total. The summed E-state index contributed by atoms with van der Waals surface area (Å²) in [5.41, 5.74) is 0. The minimum absolute atomic E-state index is 0.0483. The van der Waals surface area contributed by atoms with Gasteiger partial charge in [-0.25, -0.2) is 4.57 Å². The van der Waals surface area contributed by atoms with Gasteiger partial charge in [0.2, 0.25) is 0 Å². The van der Waals surface area contributed by atoms with Crippen LogP contribution in [0.1, 0.15) is 12.8 Å². The largest absolute Gasteiger partial charge is 0.531 e. The summed E-state index contributed by atoms with van der Waals surface area (Å²) in [6.45, 7) is -0.0965. The Balaban J connectivity index is 2.57. The Morgan fingerprint density at radius 1 is 1.15 bits per heavy atom. The van der Waals surface area contributed by atoms with Gasteiger partial charge in [0.15, 0.2) is 0 Å². The lowest BCUT2D eigenvalue weighted by Gasteiger charge is -2.15. The summed E-state index contributed by atoms with van der Waals surface area (Å²) in [5.74, 6) is 0. The third-order valence-corrected chi connectivity index (χ3v) is 2.68. The molecule has 1 rings (SSSR count). The second-order valence-corrected chi connectivity index (χ2v) is 3.95. The van der Waals surface area contributed by atoms with E-state index in [1.807, 2.05) is 0 Å². The van der Waals surface area contributed by atoms with Crippen molar-refractivity contribution in [3.63, 3.8) is 0 Å². The second kappa shape index (κ2) is 3.96. The van der Waals surface area contributed by atoms with E-state index in [0.717, 1.165) is 0 Å². The van der Waals surface area contributed by atoms with Crippen LogP contribution in [0, 0.1) is 0 Å². The predicted octanol–water partition coefficient (Wildman–Crippen LogP) is 2.46. The van der Waals surface area contributed by atoms with Gasteiger partial charge in [-0.15, -0.1) is 13.2 Å². The van der Waals surface area contributed by atoms with Crippen LogP contribution in [0.5, 0.6) is 0 Å². The zero-order chi connectivity index (χ0) is 9.95.